The average molecular weight is 355 g/mol. The van der Waals surface area contributed by atoms with Gasteiger partial charge < -0.3 is 15.2 Å². The van der Waals surface area contributed by atoms with Gasteiger partial charge in [0.2, 0.25) is 0 Å². The highest BCUT2D eigenvalue weighted by Crippen LogP contribution is 2.23. The number of nitro groups is 2. The third-order valence-electron chi connectivity index (χ3n) is 3.05. The van der Waals surface area contributed by atoms with E-state index in [2.05, 4.69) is 5.32 Å². The first kappa shape index (κ1) is 19.8. The molecule has 11 heteroatoms. The second-order valence-corrected chi connectivity index (χ2v) is 5.61. The van der Waals surface area contributed by atoms with Crippen molar-refractivity contribution in [2.24, 2.45) is 5.92 Å². The summed E-state index contributed by atoms with van der Waals surface area (Å²) in [4.78, 5) is 42.7. The van der Waals surface area contributed by atoms with Gasteiger partial charge in [0.25, 0.3) is 11.4 Å². The first-order valence-electron chi connectivity index (χ1n) is 7.19. The lowest BCUT2D eigenvalue weighted by molar-refractivity contribution is -0.394. The van der Waals surface area contributed by atoms with Gasteiger partial charge in [0.15, 0.2) is 0 Å². The van der Waals surface area contributed by atoms with Crippen molar-refractivity contribution in [1.82, 2.24) is 5.32 Å². The molecule has 0 aliphatic rings. The summed E-state index contributed by atoms with van der Waals surface area (Å²) in [6.07, 6.45) is -0.852. The zero-order chi connectivity index (χ0) is 19.1. The van der Waals surface area contributed by atoms with Crippen LogP contribution >= 0.6 is 0 Å². The quantitative estimate of drug-likeness (QED) is 0.529. The van der Waals surface area contributed by atoms with Crippen LogP contribution in [0, 0.1) is 26.1 Å². The molecule has 2 N–H and O–H groups in total. The van der Waals surface area contributed by atoms with E-state index in [9.17, 15) is 29.8 Å². The fraction of sp³-hybridized carbons (Fsp3) is 0.429. The Hall–Kier alpha value is -3.24. The minimum absolute atomic E-state index is 0.0147. The molecule has 1 rings (SSSR count). The van der Waals surface area contributed by atoms with E-state index < -0.39 is 45.9 Å². The monoisotopic (exact) mass is 355 g/mol. The maximum absolute atomic E-state index is 11.7. The first-order chi connectivity index (χ1) is 11.6. The van der Waals surface area contributed by atoms with E-state index in [4.69, 9.17) is 9.84 Å². The molecule has 0 heterocycles. The molecule has 11 nitrogen and oxygen atoms in total. The minimum atomic E-state index is -1.23. The van der Waals surface area contributed by atoms with Gasteiger partial charge >= 0.3 is 12.1 Å². The Morgan fingerprint density at radius 1 is 1.16 bits per heavy atom. The molecule has 0 aliphatic carbocycles. The van der Waals surface area contributed by atoms with E-state index in [1.807, 2.05) is 0 Å². The number of carbonyl (C=O) groups excluding carboxylic acids is 1. The molecular weight excluding hydrogens is 338 g/mol. The number of aliphatic carboxylic acids is 1. The molecule has 0 spiro atoms. The van der Waals surface area contributed by atoms with Gasteiger partial charge in [-0.25, -0.2) is 9.59 Å². The average Bonchev–Trinajstić information content (AvgIpc) is 2.51. The van der Waals surface area contributed by atoms with Gasteiger partial charge in [-0.2, -0.15) is 0 Å². The number of nitrogens with zero attached hydrogens (tertiary/aromatic N) is 2. The molecule has 1 aromatic carbocycles. The number of non-ortho nitro benzene ring substituents is 2. The molecule has 0 fully saturated rings. The van der Waals surface area contributed by atoms with E-state index >= 15 is 0 Å². The lowest BCUT2D eigenvalue weighted by Crippen LogP contribution is -2.41. The molecule has 0 saturated heterocycles. The molecular formula is C14H17N3O8. The Morgan fingerprint density at radius 2 is 1.68 bits per heavy atom. The number of carbonyl (C=O) groups is 2. The number of benzene rings is 1. The molecule has 1 atom stereocenters. The van der Waals surface area contributed by atoms with Crippen LogP contribution in [0.2, 0.25) is 0 Å². The number of nitrogens with one attached hydrogen (secondary N) is 1. The summed E-state index contributed by atoms with van der Waals surface area (Å²) in [5, 5.41) is 32.8. The number of nitro benzene ring substituents is 2. The molecule has 0 aromatic heterocycles. The third kappa shape index (κ3) is 6.41. The van der Waals surface area contributed by atoms with Crippen molar-refractivity contribution in [1.29, 1.82) is 0 Å². The highest BCUT2D eigenvalue weighted by Gasteiger charge is 2.22. The molecule has 1 amide bonds. The Kier molecular flexibility index (Phi) is 6.79. The number of rotatable bonds is 8. The molecule has 1 unspecified atom stereocenters. The Balaban J connectivity index is 2.79. The highest BCUT2D eigenvalue weighted by atomic mass is 16.6. The van der Waals surface area contributed by atoms with Gasteiger partial charge in [-0.05, 0) is 12.3 Å². The number of ether oxygens (including phenoxy) is 1. The predicted octanol–water partition coefficient (Wildman–Crippen LogP) is 2.23. The summed E-state index contributed by atoms with van der Waals surface area (Å²) in [6.45, 7) is 3.08. The number of hydrogen-bond donors (Lipinski definition) is 2. The smallest absolute Gasteiger partial charge is 0.408 e. The Bertz CT molecular complexity index is 656. The first-order valence-corrected chi connectivity index (χ1v) is 7.19. The standard InChI is InChI=1S/C14H17N3O8/c1-8(2)3-12(13(18)19)15-14(20)25-7-9-4-10(16(21)22)6-11(5-9)17(23)24/h4-6,8,12H,3,7H2,1-2H3,(H,15,20)(H,18,19). The summed E-state index contributed by atoms with van der Waals surface area (Å²) >= 11 is 0. The van der Waals surface area contributed by atoms with Crippen molar-refractivity contribution in [3.05, 3.63) is 44.0 Å². The van der Waals surface area contributed by atoms with Crippen molar-refractivity contribution >= 4 is 23.4 Å². The lowest BCUT2D eigenvalue weighted by Gasteiger charge is -2.16. The van der Waals surface area contributed by atoms with Crippen LogP contribution in [-0.4, -0.2) is 33.1 Å². The number of alkyl carbamates (subject to hydrolysis) is 1. The number of amides is 1. The second-order valence-electron chi connectivity index (χ2n) is 5.61. The zero-order valence-corrected chi connectivity index (χ0v) is 13.5. The van der Waals surface area contributed by atoms with E-state index in [-0.39, 0.29) is 17.9 Å². The summed E-state index contributed by atoms with van der Waals surface area (Å²) in [7, 11) is 0. The highest BCUT2D eigenvalue weighted by molar-refractivity contribution is 5.79. The van der Waals surface area contributed by atoms with E-state index in [0.29, 0.717) is 0 Å². The van der Waals surface area contributed by atoms with E-state index in [1.165, 1.54) is 0 Å². The van der Waals surface area contributed by atoms with Crippen molar-refractivity contribution < 1.29 is 29.3 Å². The Morgan fingerprint density at radius 3 is 2.08 bits per heavy atom. The van der Waals surface area contributed by atoms with Gasteiger partial charge in [-0.1, -0.05) is 13.8 Å². The summed E-state index contributed by atoms with van der Waals surface area (Å²) in [5.74, 6) is -1.21. The van der Waals surface area contributed by atoms with Gasteiger partial charge in [0, 0.05) is 17.7 Å². The third-order valence-corrected chi connectivity index (χ3v) is 3.05. The predicted molar refractivity (Wildman–Crippen MR) is 84.0 cm³/mol. The lowest BCUT2D eigenvalue weighted by atomic mass is 10.0. The van der Waals surface area contributed by atoms with Gasteiger partial charge in [-0.3, -0.25) is 20.2 Å². The van der Waals surface area contributed by atoms with Crippen LogP contribution in [0.3, 0.4) is 0 Å². The van der Waals surface area contributed by atoms with Crippen molar-refractivity contribution in [3.63, 3.8) is 0 Å². The van der Waals surface area contributed by atoms with Crippen LogP contribution in [0.15, 0.2) is 18.2 Å². The fourth-order valence-electron chi connectivity index (χ4n) is 1.98. The van der Waals surface area contributed by atoms with Gasteiger partial charge in [0.1, 0.15) is 12.6 Å². The normalized spacial score (nSPS) is 11.6. The van der Waals surface area contributed by atoms with Crippen LogP contribution in [-0.2, 0) is 16.1 Å². The number of carboxylic acid groups (broad SMARTS) is 1. The molecule has 0 radical (unpaired) electrons. The topological polar surface area (TPSA) is 162 Å². The van der Waals surface area contributed by atoms with E-state index in [0.717, 1.165) is 18.2 Å². The van der Waals surface area contributed by atoms with Crippen LogP contribution in [0.5, 0.6) is 0 Å². The summed E-state index contributed by atoms with van der Waals surface area (Å²) < 4.78 is 4.80. The Labute approximate surface area is 141 Å². The summed E-state index contributed by atoms with van der Waals surface area (Å²) in [5.41, 5.74) is -1.00. The van der Waals surface area contributed by atoms with Gasteiger partial charge in [0.05, 0.1) is 15.9 Å². The summed E-state index contributed by atoms with van der Waals surface area (Å²) in [6, 6.07) is 1.70. The van der Waals surface area contributed by atoms with E-state index in [1.54, 1.807) is 13.8 Å². The van der Waals surface area contributed by atoms with Crippen LogP contribution < -0.4 is 5.32 Å². The van der Waals surface area contributed by atoms with Crippen molar-refractivity contribution in [2.45, 2.75) is 32.9 Å². The van der Waals surface area contributed by atoms with Gasteiger partial charge in [-0.15, -0.1) is 0 Å². The molecule has 1 aromatic rings. The number of hydrogen-bond acceptors (Lipinski definition) is 7. The largest absolute Gasteiger partial charge is 0.480 e. The molecule has 0 bridgehead atoms. The molecule has 136 valence electrons. The van der Waals surface area contributed by atoms with Crippen LogP contribution in [0.4, 0.5) is 16.2 Å². The van der Waals surface area contributed by atoms with Crippen molar-refractivity contribution in [2.75, 3.05) is 0 Å². The fourth-order valence-corrected chi connectivity index (χ4v) is 1.98. The van der Waals surface area contributed by atoms with Crippen LogP contribution in [0.25, 0.3) is 0 Å². The number of carboxylic acids is 1. The van der Waals surface area contributed by atoms with Crippen LogP contribution in [0.1, 0.15) is 25.8 Å². The SMILES string of the molecule is CC(C)CC(NC(=O)OCc1cc([N+](=O)[O-])cc([N+](=O)[O-])c1)C(=O)O. The maximum Gasteiger partial charge on any atom is 0.408 e. The molecule has 0 saturated carbocycles. The molecule has 0 aliphatic heterocycles. The minimum Gasteiger partial charge on any atom is -0.480 e. The maximum atomic E-state index is 11.7. The van der Waals surface area contributed by atoms with Crippen molar-refractivity contribution in [3.8, 4) is 0 Å². The second kappa shape index (κ2) is 8.57. The zero-order valence-electron chi connectivity index (χ0n) is 13.5. The molecule has 25 heavy (non-hydrogen) atoms.